The number of rotatable bonds is 3. The van der Waals surface area contributed by atoms with Gasteiger partial charge in [-0.05, 0) is 32.0 Å². The van der Waals surface area contributed by atoms with E-state index in [9.17, 15) is 8.42 Å². The van der Waals surface area contributed by atoms with E-state index < -0.39 is 10.0 Å². The van der Waals surface area contributed by atoms with E-state index in [0.29, 0.717) is 0 Å². The van der Waals surface area contributed by atoms with Crippen molar-refractivity contribution >= 4 is 38.8 Å². The first-order chi connectivity index (χ1) is 8.38. The molecule has 0 saturated carbocycles. The molecule has 0 aromatic carbocycles. The first kappa shape index (κ1) is 13.3. The summed E-state index contributed by atoms with van der Waals surface area (Å²) in [5.41, 5.74) is 0. The van der Waals surface area contributed by atoms with E-state index in [1.807, 2.05) is 6.92 Å². The molecule has 0 aliphatic carbocycles. The second-order valence-corrected chi connectivity index (χ2v) is 7.23. The molecule has 7 heteroatoms. The van der Waals surface area contributed by atoms with Crippen molar-refractivity contribution in [3.8, 4) is 0 Å². The number of halogens is 1. The minimum atomic E-state index is -3.60. The lowest BCUT2D eigenvalue weighted by Gasteiger charge is -2.06. The van der Waals surface area contributed by atoms with Crippen molar-refractivity contribution in [2.24, 2.45) is 0 Å². The topological polar surface area (TPSA) is 59.1 Å². The van der Waals surface area contributed by atoms with Crippen LogP contribution in [-0.4, -0.2) is 13.4 Å². The SMILES string of the molecule is Cc1cc(S(=O)(=O)Nc2cccc(Cl)n2)c(C)s1. The van der Waals surface area contributed by atoms with Crippen molar-refractivity contribution in [2.75, 3.05) is 4.72 Å². The number of aromatic nitrogens is 1. The summed E-state index contributed by atoms with van der Waals surface area (Å²) in [7, 11) is -3.60. The fourth-order valence-corrected chi connectivity index (χ4v) is 4.25. The number of sulfonamides is 1. The minimum Gasteiger partial charge on any atom is -0.263 e. The Morgan fingerprint density at radius 3 is 2.61 bits per heavy atom. The summed E-state index contributed by atoms with van der Waals surface area (Å²) in [6.07, 6.45) is 0. The highest BCUT2D eigenvalue weighted by Crippen LogP contribution is 2.26. The molecule has 4 nitrogen and oxygen atoms in total. The summed E-state index contributed by atoms with van der Waals surface area (Å²) in [5.74, 6) is 0.214. The highest BCUT2D eigenvalue weighted by Gasteiger charge is 2.19. The maximum Gasteiger partial charge on any atom is 0.264 e. The van der Waals surface area contributed by atoms with E-state index in [4.69, 9.17) is 11.6 Å². The Bertz CT molecular complexity index is 680. The first-order valence-corrected chi connectivity index (χ1v) is 7.79. The Kier molecular flexibility index (Phi) is 3.61. The average molecular weight is 303 g/mol. The lowest BCUT2D eigenvalue weighted by molar-refractivity contribution is 0.601. The standard InChI is InChI=1S/C11H11ClN2O2S2/c1-7-6-9(8(2)17-7)18(15,16)14-11-5-3-4-10(12)13-11/h3-6H,1-2H3,(H,13,14). The maximum atomic E-state index is 12.2. The van der Waals surface area contributed by atoms with Crippen LogP contribution in [0.5, 0.6) is 0 Å². The molecule has 0 saturated heterocycles. The molecular formula is C11H11ClN2O2S2. The molecule has 18 heavy (non-hydrogen) atoms. The van der Waals surface area contributed by atoms with E-state index in [2.05, 4.69) is 9.71 Å². The normalized spacial score (nSPS) is 11.5. The average Bonchev–Trinajstić information content (AvgIpc) is 2.58. The zero-order valence-electron chi connectivity index (χ0n) is 9.77. The van der Waals surface area contributed by atoms with Gasteiger partial charge in [0.15, 0.2) is 0 Å². The number of anilines is 1. The Morgan fingerprint density at radius 1 is 1.33 bits per heavy atom. The van der Waals surface area contributed by atoms with Gasteiger partial charge in [-0.2, -0.15) is 0 Å². The summed E-state index contributed by atoms with van der Waals surface area (Å²) in [5, 5.41) is 0.244. The van der Waals surface area contributed by atoms with Crippen LogP contribution in [0.25, 0.3) is 0 Å². The maximum absolute atomic E-state index is 12.2. The summed E-state index contributed by atoms with van der Waals surface area (Å²) in [6, 6.07) is 6.42. The number of nitrogens with zero attached hydrogens (tertiary/aromatic N) is 1. The molecule has 2 aromatic heterocycles. The molecular weight excluding hydrogens is 292 g/mol. The van der Waals surface area contributed by atoms with Gasteiger partial charge in [0.2, 0.25) is 0 Å². The minimum absolute atomic E-state index is 0.214. The van der Waals surface area contributed by atoms with Crippen molar-refractivity contribution in [1.82, 2.24) is 4.98 Å². The highest BCUT2D eigenvalue weighted by atomic mass is 35.5. The van der Waals surface area contributed by atoms with Gasteiger partial charge >= 0.3 is 0 Å². The van der Waals surface area contributed by atoms with Crippen LogP contribution >= 0.6 is 22.9 Å². The Labute approximate surface area is 115 Å². The Hall–Kier alpha value is -1.11. The molecule has 0 aliphatic rings. The predicted octanol–water partition coefficient (Wildman–Crippen LogP) is 3.21. The number of nitrogens with one attached hydrogen (secondary N) is 1. The zero-order chi connectivity index (χ0) is 13.3. The highest BCUT2D eigenvalue weighted by molar-refractivity contribution is 7.93. The monoisotopic (exact) mass is 302 g/mol. The molecule has 0 spiro atoms. The number of pyridine rings is 1. The lowest BCUT2D eigenvalue weighted by Crippen LogP contribution is -2.14. The summed E-state index contributed by atoms with van der Waals surface area (Å²) in [4.78, 5) is 5.89. The molecule has 0 atom stereocenters. The third-order valence-electron chi connectivity index (χ3n) is 2.24. The van der Waals surface area contributed by atoms with Gasteiger partial charge in [-0.1, -0.05) is 17.7 Å². The molecule has 2 rings (SSSR count). The van der Waals surface area contributed by atoms with Crippen LogP contribution in [0.4, 0.5) is 5.82 Å². The lowest BCUT2D eigenvalue weighted by atomic mass is 10.4. The van der Waals surface area contributed by atoms with Crippen molar-refractivity contribution in [1.29, 1.82) is 0 Å². The van der Waals surface area contributed by atoms with Gasteiger partial charge in [-0.15, -0.1) is 11.3 Å². The van der Waals surface area contributed by atoms with Crippen LogP contribution in [0.2, 0.25) is 5.15 Å². The van der Waals surface area contributed by atoms with Crippen LogP contribution in [-0.2, 0) is 10.0 Å². The van der Waals surface area contributed by atoms with E-state index >= 15 is 0 Å². The number of hydrogen-bond acceptors (Lipinski definition) is 4. The molecule has 0 unspecified atom stereocenters. The van der Waals surface area contributed by atoms with Crippen LogP contribution in [0.1, 0.15) is 9.75 Å². The number of aryl methyl sites for hydroxylation is 2. The summed E-state index contributed by atoms with van der Waals surface area (Å²) < 4.78 is 26.7. The largest absolute Gasteiger partial charge is 0.264 e. The van der Waals surface area contributed by atoms with E-state index in [-0.39, 0.29) is 15.9 Å². The molecule has 0 aliphatic heterocycles. The van der Waals surface area contributed by atoms with Crippen molar-refractivity contribution in [2.45, 2.75) is 18.7 Å². The zero-order valence-corrected chi connectivity index (χ0v) is 12.2. The van der Waals surface area contributed by atoms with Gasteiger partial charge in [0.05, 0.1) is 0 Å². The number of hydrogen-bond donors (Lipinski definition) is 1. The third-order valence-corrected chi connectivity index (χ3v) is 5.03. The van der Waals surface area contributed by atoms with Crippen LogP contribution in [0.3, 0.4) is 0 Å². The molecule has 0 bridgehead atoms. The molecule has 0 amide bonds. The Morgan fingerprint density at radius 2 is 2.06 bits per heavy atom. The molecule has 96 valence electrons. The smallest absolute Gasteiger partial charge is 0.263 e. The number of thiophene rings is 1. The van der Waals surface area contributed by atoms with Crippen LogP contribution in [0.15, 0.2) is 29.2 Å². The van der Waals surface area contributed by atoms with Crippen molar-refractivity contribution in [3.05, 3.63) is 39.2 Å². The second-order valence-electron chi connectivity index (χ2n) is 3.73. The van der Waals surface area contributed by atoms with E-state index in [1.54, 1.807) is 31.2 Å². The van der Waals surface area contributed by atoms with Gasteiger partial charge < -0.3 is 0 Å². The fraction of sp³-hybridized carbons (Fsp3) is 0.182. The second kappa shape index (κ2) is 4.87. The van der Waals surface area contributed by atoms with Crippen molar-refractivity contribution in [3.63, 3.8) is 0 Å². The van der Waals surface area contributed by atoms with E-state index in [1.165, 1.54) is 11.3 Å². The van der Waals surface area contributed by atoms with Crippen LogP contribution < -0.4 is 4.72 Å². The third kappa shape index (κ3) is 2.82. The molecule has 2 heterocycles. The summed E-state index contributed by atoms with van der Waals surface area (Å²) in [6.45, 7) is 3.64. The van der Waals surface area contributed by atoms with Gasteiger partial charge in [-0.25, -0.2) is 13.4 Å². The predicted molar refractivity (Wildman–Crippen MR) is 73.8 cm³/mol. The first-order valence-electron chi connectivity index (χ1n) is 5.11. The van der Waals surface area contributed by atoms with Crippen molar-refractivity contribution < 1.29 is 8.42 Å². The molecule has 0 radical (unpaired) electrons. The van der Waals surface area contributed by atoms with Crippen LogP contribution in [0, 0.1) is 13.8 Å². The molecule has 2 aromatic rings. The van der Waals surface area contributed by atoms with Gasteiger partial charge in [0.25, 0.3) is 10.0 Å². The van der Waals surface area contributed by atoms with Gasteiger partial charge in [0.1, 0.15) is 15.9 Å². The fourth-order valence-electron chi connectivity index (χ4n) is 1.53. The molecule has 1 N–H and O–H groups in total. The molecule has 0 fully saturated rings. The van der Waals surface area contributed by atoms with Gasteiger partial charge in [0, 0.05) is 9.75 Å². The van der Waals surface area contributed by atoms with E-state index in [0.717, 1.165) is 9.75 Å². The quantitative estimate of drug-likeness (QED) is 0.886. The van der Waals surface area contributed by atoms with Gasteiger partial charge in [-0.3, -0.25) is 4.72 Å². The summed E-state index contributed by atoms with van der Waals surface area (Å²) >= 11 is 7.16. The Balaban J connectivity index is 2.36.